The molecule has 2 aliphatic rings. The second-order valence-electron chi connectivity index (χ2n) is 7.03. The monoisotopic (exact) mass is 339 g/mol. The van der Waals surface area contributed by atoms with E-state index in [0.29, 0.717) is 23.3 Å². The van der Waals surface area contributed by atoms with Crippen molar-refractivity contribution in [2.24, 2.45) is 11.8 Å². The van der Waals surface area contributed by atoms with Gasteiger partial charge in [-0.2, -0.15) is 0 Å². The Morgan fingerprint density at radius 1 is 1.28 bits per heavy atom. The number of aromatic nitrogens is 4. The summed E-state index contributed by atoms with van der Waals surface area (Å²) in [6, 6.07) is 1.56. The average molecular weight is 339 g/mol. The molecule has 1 amide bonds. The largest absolute Gasteiger partial charge is 0.342 e. The number of carbonyl (C=O) groups is 1. The van der Waals surface area contributed by atoms with Crippen molar-refractivity contribution in [1.82, 2.24) is 24.8 Å². The summed E-state index contributed by atoms with van der Waals surface area (Å²) in [7, 11) is 0. The Morgan fingerprint density at radius 3 is 2.68 bits per heavy atom. The van der Waals surface area contributed by atoms with Crippen LogP contribution in [0, 0.1) is 11.8 Å². The van der Waals surface area contributed by atoms with Crippen molar-refractivity contribution < 1.29 is 4.79 Å². The van der Waals surface area contributed by atoms with Gasteiger partial charge in [0.05, 0.1) is 11.9 Å². The second kappa shape index (κ2) is 6.38. The zero-order valence-corrected chi connectivity index (χ0v) is 14.2. The molecule has 2 aromatic heterocycles. The van der Waals surface area contributed by atoms with Crippen LogP contribution in [0.4, 0.5) is 0 Å². The van der Waals surface area contributed by atoms with Crippen LogP contribution in [0.2, 0.25) is 0 Å². The van der Waals surface area contributed by atoms with Gasteiger partial charge in [-0.3, -0.25) is 14.6 Å². The van der Waals surface area contributed by atoms with Crippen molar-refractivity contribution in [3.63, 3.8) is 0 Å². The predicted octanol–water partition coefficient (Wildman–Crippen LogP) is 1.59. The molecule has 1 saturated heterocycles. The molecule has 4 rings (SSSR count). The number of likely N-dealkylation sites (tertiary alicyclic amines) is 1. The second-order valence-corrected chi connectivity index (χ2v) is 7.03. The Labute approximate surface area is 145 Å². The van der Waals surface area contributed by atoms with Gasteiger partial charge < -0.3 is 9.88 Å². The van der Waals surface area contributed by atoms with Gasteiger partial charge in [0.2, 0.25) is 5.91 Å². The lowest BCUT2D eigenvalue weighted by molar-refractivity contribution is -0.133. The van der Waals surface area contributed by atoms with Crippen LogP contribution in [-0.4, -0.2) is 43.8 Å². The van der Waals surface area contributed by atoms with Crippen LogP contribution in [0.1, 0.15) is 37.8 Å². The van der Waals surface area contributed by atoms with Gasteiger partial charge in [0.15, 0.2) is 5.82 Å². The van der Waals surface area contributed by atoms with E-state index in [1.807, 2.05) is 4.90 Å². The average Bonchev–Trinajstić information content (AvgIpc) is 3.38. The highest BCUT2D eigenvalue weighted by molar-refractivity contribution is 5.81. The van der Waals surface area contributed by atoms with Gasteiger partial charge in [-0.05, 0) is 25.2 Å². The molecule has 25 heavy (non-hydrogen) atoms. The third-order valence-corrected chi connectivity index (χ3v) is 5.22. The lowest BCUT2D eigenvalue weighted by Gasteiger charge is -2.32. The van der Waals surface area contributed by atoms with Crippen LogP contribution in [0.3, 0.4) is 0 Å². The summed E-state index contributed by atoms with van der Waals surface area (Å²) in [5, 5.41) is 0. The number of hydrogen-bond acceptors (Lipinski definition) is 5. The Morgan fingerprint density at radius 2 is 2.04 bits per heavy atom. The Kier molecular flexibility index (Phi) is 4.07. The molecule has 7 heteroatoms. The van der Waals surface area contributed by atoms with Gasteiger partial charge in [-0.25, -0.2) is 9.97 Å². The smallest absolute Gasteiger partial charge is 0.251 e. The number of H-pyrrole nitrogens is 1. The van der Waals surface area contributed by atoms with Gasteiger partial charge >= 0.3 is 0 Å². The van der Waals surface area contributed by atoms with E-state index < -0.39 is 0 Å². The molecular weight excluding hydrogens is 318 g/mol. The third kappa shape index (κ3) is 3.31. The van der Waals surface area contributed by atoms with E-state index in [4.69, 9.17) is 0 Å². The minimum absolute atomic E-state index is 0.184. The number of nitrogens with one attached hydrogen (secondary N) is 1. The van der Waals surface area contributed by atoms with Crippen molar-refractivity contribution in [3.05, 3.63) is 40.7 Å². The highest BCUT2D eigenvalue weighted by Gasteiger charge is 2.42. The van der Waals surface area contributed by atoms with Crippen molar-refractivity contribution in [2.45, 2.75) is 32.1 Å². The normalized spacial score (nSPS) is 23.5. The van der Waals surface area contributed by atoms with Crippen molar-refractivity contribution in [1.29, 1.82) is 0 Å². The maximum atomic E-state index is 12.3. The Bertz CT molecular complexity index is 827. The van der Waals surface area contributed by atoms with Crippen LogP contribution in [0.15, 0.2) is 29.5 Å². The lowest BCUT2D eigenvalue weighted by atomic mass is 9.93. The van der Waals surface area contributed by atoms with Crippen molar-refractivity contribution in [2.75, 3.05) is 13.1 Å². The quantitative estimate of drug-likeness (QED) is 0.917. The molecule has 2 atom stereocenters. The van der Waals surface area contributed by atoms with Gasteiger partial charge in [0.1, 0.15) is 5.69 Å². The van der Waals surface area contributed by atoms with Crippen LogP contribution in [0.5, 0.6) is 0 Å². The predicted molar refractivity (Wildman–Crippen MR) is 91.7 cm³/mol. The van der Waals surface area contributed by atoms with Gasteiger partial charge in [0.25, 0.3) is 5.56 Å². The summed E-state index contributed by atoms with van der Waals surface area (Å²) >= 11 is 0. The molecule has 2 fully saturated rings. The summed E-state index contributed by atoms with van der Waals surface area (Å²) < 4.78 is 0. The van der Waals surface area contributed by atoms with Crippen LogP contribution in [-0.2, 0) is 4.79 Å². The van der Waals surface area contributed by atoms with Crippen LogP contribution < -0.4 is 5.56 Å². The van der Waals surface area contributed by atoms with Crippen molar-refractivity contribution >= 4 is 5.91 Å². The first-order valence-corrected chi connectivity index (χ1v) is 8.78. The number of piperidine rings is 1. The molecule has 3 heterocycles. The maximum Gasteiger partial charge on any atom is 0.251 e. The molecule has 7 nitrogen and oxygen atoms in total. The van der Waals surface area contributed by atoms with Gasteiger partial charge in [0, 0.05) is 43.4 Å². The van der Waals surface area contributed by atoms with E-state index in [2.05, 4.69) is 26.9 Å². The molecule has 130 valence electrons. The zero-order chi connectivity index (χ0) is 17.4. The Hall–Kier alpha value is -2.57. The van der Waals surface area contributed by atoms with E-state index in [0.717, 1.165) is 38.0 Å². The Balaban J connectivity index is 1.49. The number of hydrogen-bond donors (Lipinski definition) is 1. The number of rotatable bonds is 3. The molecule has 0 radical (unpaired) electrons. The fourth-order valence-corrected chi connectivity index (χ4v) is 3.52. The number of aromatic amines is 1. The van der Waals surface area contributed by atoms with Crippen LogP contribution >= 0.6 is 0 Å². The number of nitrogens with zero attached hydrogens (tertiary/aromatic N) is 4. The minimum Gasteiger partial charge on any atom is -0.342 e. The number of carbonyl (C=O) groups excluding carboxylic acids is 1. The molecule has 0 aromatic carbocycles. The fourth-order valence-electron chi connectivity index (χ4n) is 3.52. The molecule has 1 N–H and O–H groups in total. The topological polar surface area (TPSA) is 91.8 Å². The summed E-state index contributed by atoms with van der Waals surface area (Å²) in [6.07, 6.45) is 7.44. The summed E-state index contributed by atoms with van der Waals surface area (Å²) in [5.41, 5.74) is 1.14. The van der Waals surface area contributed by atoms with E-state index >= 15 is 0 Å². The molecule has 2 aromatic rings. The molecule has 1 aliphatic heterocycles. The molecule has 1 saturated carbocycles. The number of amides is 1. The minimum atomic E-state index is -0.184. The first-order valence-electron chi connectivity index (χ1n) is 8.78. The van der Waals surface area contributed by atoms with Gasteiger partial charge in [-0.15, -0.1) is 0 Å². The summed E-state index contributed by atoms with van der Waals surface area (Å²) in [6.45, 7) is 3.60. The van der Waals surface area contributed by atoms with Crippen molar-refractivity contribution in [3.8, 4) is 11.5 Å². The molecule has 0 bridgehead atoms. The van der Waals surface area contributed by atoms with E-state index in [9.17, 15) is 9.59 Å². The highest BCUT2D eigenvalue weighted by Crippen LogP contribution is 2.40. The first kappa shape index (κ1) is 15.9. The van der Waals surface area contributed by atoms with E-state index in [1.54, 1.807) is 24.7 Å². The first-order chi connectivity index (χ1) is 12.1. The maximum absolute atomic E-state index is 12.3. The molecule has 1 aliphatic carbocycles. The molecule has 0 spiro atoms. The summed E-state index contributed by atoms with van der Waals surface area (Å²) in [5.74, 6) is 1.70. The lowest BCUT2D eigenvalue weighted by Crippen LogP contribution is -2.39. The molecule has 2 unspecified atom stereocenters. The third-order valence-electron chi connectivity index (χ3n) is 5.22. The van der Waals surface area contributed by atoms with Gasteiger partial charge in [-0.1, -0.05) is 6.92 Å². The van der Waals surface area contributed by atoms with E-state index in [-0.39, 0.29) is 17.4 Å². The standard InChI is InChI=1S/C18H21N5O2/c1-11-8-13(11)18(25)23-6-2-12(3-7-23)14-9-16(24)22-17(21-14)15-10-19-4-5-20-15/h4-5,9-13H,2-3,6-8H2,1H3,(H,21,22,24). The SMILES string of the molecule is CC1CC1C(=O)N1CCC(c2cc(=O)[nH]c(-c3cnccn3)n2)CC1. The highest BCUT2D eigenvalue weighted by atomic mass is 16.2. The summed E-state index contributed by atoms with van der Waals surface area (Å²) in [4.78, 5) is 41.9. The van der Waals surface area contributed by atoms with E-state index in [1.165, 1.54) is 0 Å². The molecular formula is C18H21N5O2. The fraction of sp³-hybridized carbons (Fsp3) is 0.500. The van der Waals surface area contributed by atoms with Crippen LogP contribution in [0.25, 0.3) is 11.5 Å². The zero-order valence-electron chi connectivity index (χ0n) is 14.2.